The van der Waals surface area contributed by atoms with E-state index in [2.05, 4.69) is 5.32 Å². The molecule has 116 valence electrons. The molecule has 2 rings (SSSR count). The summed E-state index contributed by atoms with van der Waals surface area (Å²) in [5, 5.41) is 4.45. The molecule has 0 radical (unpaired) electrons. The van der Waals surface area contributed by atoms with Crippen molar-refractivity contribution in [2.45, 2.75) is 25.8 Å². The van der Waals surface area contributed by atoms with Crippen LogP contribution in [0.5, 0.6) is 5.75 Å². The van der Waals surface area contributed by atoms with Crippen molar-refractivity contribution < 1.29 is 9.53 Å². The molecule has 1 amide bonds. The topological polar surface area (TPSA) is 41.6 Å². The van der Waals surface area contributed by atoms with Gasteiger partial charge >= 0.3 is 0 Å². The van der Waals surface area contributed by atoms with Crippen molar-refractivity contribution in [2.75, 3.05) is 26.7 Å². The Kier molecular flexibility index (Phi) is 6.15. The number of nitrogens with zero attached hydrogens (tertiary/aromatic N) is 1. The molecule has 4 nitrogen and oxygen atoms in total. The molecule has 1 aliphatic heterocycles. The number of nitrogens with one attached hydrogen (secondary N) is 1. The Morgan fingerprint density at radius 3 is 2.86 bits per heavy atom. The minimum atomic E-state index is 0.276. The lowest BCUT2D eigenvalue weighted by atomic mass is 10.2. The summed E-state index contributed by atoms with van der Waals surface area (Å²) >= 11 is 12.1. The van der Waals surface area contributed by atoms with Crippen molar-refractivity contribution in [2.24, 2.45) is 0 Å². The average Bonchev–Trinajstić information content (AvgIpc) is 2.83. The fourth-order valence-electron chi connectivity index (χ4n) is 2.53. The number of ether oxygens (including phenoxy) is 1. The Morgan fingerprint density at radius 1 is 1.38 bits per heavy atom. The molecule has 1 aliphatic rings. The maximum atomic E-state index is 11.5. The van der Waals surface area contributed by atoms with Crippen LogP contribution in [0.1, 0.15) is 24.8 Å². The lowest BCUT2D eigenvalue weighted by molar-refractivity contribution is -0.127. The van der Waals surface area contributed by atoms with Crippen LogP contribution in [-0.2, 0) is 11.3 Å². The van der Waals surface area contributed by atoms with Crippen LogP contribution in [0.2, 0.25) is 10.0 Å². The van der Waals surface area contributed by atoms with E-state index in [1.54, 1.807) is 13.2 Å². The normalized spacial score (nSPS) is 14.8. The first-order valence-electron chi connectivity index (χ1n) is 7.12. The summed E-state index contributed by atoms with van der Waals surface area (Å²) < 4.78 is 5.30. The van der Waals surface area contributed by atoms with Gasteiger partial charge in [-0.1, -0.05) is 23.2 Å². The van der Waals surface area contributed by atoms with Crippen LogP contribution in [0.25, 0.3) is 0 Å². The molecule has 0 saturated carbocycles. The number of hydrogen-bond donors (Lipinski definition) is 1. The van der Waals surface area contributed by atoms with E-state index in [9.17, 15) is 4.79 Å². The van der Waals surface area contributed by atoms with Gasteiger partial charge in [0.05, 0.1) is 12.1 Å². The van der Waals surface area contributed by atoms with Crippen molar-refractivity contribution in [3.63, 3.8) is 0 Å². The monoisotopic (exact) mass is 330 g/mol. The molecule has 0 atom stereocenters. The number of benzene rings is 1. The average molecular weight is 331 g/mol. The molecular weight excluding hydrogens is 311 g/mol. The number of hydrogen-bond acceptors (Lipinski definition) is 3. The Morgan fingerprint density at radius 2 is 2.19 bits per heavy atom. The van der Waals surface area contributed by atoms with Crippen LogP contribution in [-0.4, -0.2) is 37.6 Å². The SMILES string of the molecule is COc1c(Cl)cc(Cl)cc1CNCCCN1CCCC1=O. The van der Waals surface area contributed by atoms with E-state index in [0.29, 0.717) is 28.8 Å². The number of methoxy groups -OCH3 is 1. The zero-order chi connectivity index (χ0) is 15.2. The van der Waals surface area contributed by atoms with Crippen molar-refractivity contribution in [3.05, 3.63) is 27.7 Å². The predicted molar refractivity (Wildman–Crippen MR) is 85.2 cm³/mol. The maximum absolute atomic E-state index is 11.5. The van der Waals surface area contributed by atoms with Gasteiger partial charge in [0.2, 0.25) is 5.91 Å². The quantitative estimate of drug-likeness (QED) is 0.781. The molecular formula is C15H20Cl2N2O2. The summed E-state index contributed by atoms with van der Waals surface area (Å²) in [5.41, 5.74) is 0.937. The number of carbonyl (C=O) groups is 1. The van der Waals surface area contributed by atoms with Gasteiger partial charge < -0.3 is 15.0 Å². The molecule has 21 heavy (non-hydrogen) atoms. The highest BCUT2D eigenvalue weighted by atomic mass is 35.5. The highest BCUT2D eigenvalue weighted by molar-refractivity contribution is 6.35. The third kappa shape index (κ3) is 4.50. The van der Waals surface area contributed by atoms with E-state index in [-0.39, 0.29) is 5.91 Å². The molecule has 1 heterocycles. The predicted octanol–water partition coefficient (Wildman–Crippen LogP) is 3.10. The van der Waals surface area contributed by atoms with Gasteiger partial charge in [0, 0.05) is 36.6 Å². The molecule has 0 aliphatic carbocycles. The number of amides is 1. The van der Waals surface area contributed by atoms with Crippen molar-refractivity contribution in [1.82, 2.24) is 10.2 Å². The van der Waals surface area contributed by atoms with Gasteiger partial charge in [-0.05, 0) is 31.5 Å². The Bertz CT molecular complexity index is 509. The van der Waals surface area contributed by atoms with Gasteiger partial charge in [-0.25, -0.2) is 0 Å². The molecule has 0 bridgehead atoms. The van der Waals surface area contributed by atoms with Crippen LogP contribution >= 0.6 is 23.2 Å². The van der Waals surface area contributed by atoms with Gasteiger partial charge in [-0.2, -0.15) is 0 Å². The zero-order valence-electron chi connectivity index (χ0n) is 12.1. The highest BCUT2D eigenvalue weighted by Crippen LogP contribution is 2.32. The molecule has 1 aromatic rings. The van der Waals surface area contributed by atoms with Crippen LogP contribution in [0.3, 0.4) is 0 Å². The Hall–Kier alpha value is -0.970. The minimum Gasteiger partial charge on any atom is -0.495 e. The molecule has 1 fully saturated rings. The molecule has 1 aromatic carbocycles. The summed E-state index contributed by atoms with van der Waals surface area (Å²) in [6.45, 7) is 3.18. The van der Waals surface area contributed by atoms with E-state index in [4.69, 9.17) is 27.9 Å². The first-order valence-corrected chi connectivity index (χ1v) is 7.88. The summed E-state index contributed by atoms with van der Waals surface area (Å²) in [6.07, 6.45) is 2.62. The van der Waals surface area contributed by atoms with Gasteiger partial charge in [0.1, 0.15) is 5.75 Å². The Labute approximate surface area is 135 Å². The van der Waals surface area contributed by atoms with Crippen LogP contribution in [0.15, 0.2) is 12.1 Å². The van der Waals surface area contributed by atoms with E-state index in [0.717, 1.165) is 38.0 Å². The molecule has 6 heteroatoms. The van der Waals surface area contributed by atoms with E-state index < -0.39 is 0 Å². The first-order chi connectivity index (χ1) is 10.1. The minimum absolute atomic E-state index is 0.276. The number of rotatable bonds is 7. The third-order valence-electron chi connectivity index (χ3n) is 3.56. The van der Waals surface area contributed by atoms with Crippen molar-refractivity contribution >= 4 is 29.1 Å². The zero-order valence-corrected chi connectivity index (χ0v) is 13.6. The smallest absolute Gasteiger partial charge is 0.222 e. The second-order valence-electron chi connectivity index (χ2n) is 5.09. The maximum Gasteiger partial charge on any atom is 0.222 e. The van der Waals surface area contributed by atoms with Crippen molar-refractivity contribution in [3.8, 4) is 5.75 Å². The third-order valence-corrected chi connectivity index (χ3v) is 4.06. The van der Waals surface area contributed by atoms with E-state index in [1.807, 2.05) is 11.0 Å². The largest absolute Gasteiger partial charge is 0.495 e. The Balaban J connectivity index is 1.77. The van der Waals surface area contributed by atoms with E-state index in [1.165, 1.54) is 0 Å². The van der Waals surface area contributed by atoms with Gasteiger partial charge in [0.15, 0.2) is 0 Å². The van der Waals surface area contributed by atoms with Gasteiger partial charge in [-0.15, -0.1) is 0 Å². The first kappa shape index (κ1) is 16.4. The molecule has 0 spiro atoms. The molecule has 0 aromatic heterocycles. The number of likely N-dealkylation sites (tertiary alicyclic amines) is 1. The lowest BCUT2D eigenvalue weighted by Gasteiger charge is -2.16. The van der Waals surface area contributed by atoms with Gasteiger partial charge in [0.25, 0.3) is 0 Å². The molecule has 0 unspecified atom stereocenters. The fraction of sp³-hybridized carbons (Fsp3) is 0.533. The summed E-state index contributed by atoms with van der Waals surface area (Å²) in [6, 6.07) is 3.52. The van der Waals surface area contributed by atoms with E-state index >= 15 is 0 Å². The van der Waals surface area contributed by atoms with Crippen LogP contribution < -0.4 is 10.1 Å². The second-order valence-corrected chi connectivity index (χ2v) is 5.94. The standard InChI is InChI=1S/C15H20Cl2N2O2/c1-21-15-11(8-12(16)9-13(15)17)10-18-5-3-7-19-6-2-4-14(19)20/h8-9,18H,2-7,10H2,1H3. The molecule has 1 saturated heterocycles. The summed E-state index contributed by atoms with van der Waals surface area (Å²) in [5.74, 6) is 0.932. The number of carbonyl (C=O) groups excluding carboxylic acids is 1. The number of halogens is 2. The summed E-state index contributed by atoms with van der Waals surface area (Å²) in [7, 11) is 1.59. The lowest BCUT2D eigenvalue weighted by Crippen LogP contribution is -2.28. The van der Waals surface area contributed by atoms with Crippen LogP contribution in [0, 0.1) is 0 Å². The second kappa shape index (κ2) is 7.87. The fourth-order valence-corrected chi connectivity index (χ4v) is 3.14. The van der Waals surface area contributed by atoms with Crippen molar-refractivity contribution in [1.29, 1.82) is 0 Å². The molecule has 1 N–H and O–H groups in total. The van der Waals surface area contributed by atoms with Crippen LogP contribution in [0.4, 0.5) is 0 Å². The summed E-state index contributed by atoms with van der Waals surface area (Å²) in [4.78, 5) is 13.4. The highest BCUT2D eigenvalue weighted by Gasteiger charge is 2.18. The van der Waals surface area contributed by atoms with Gasteiger partial charge in [-0.3, -0.25) is 4.79 Å².